The molecule has 0 fully saturated rings. The minimum Gasteiger partial charge on any atom is -0.494 e. The van der Waals surface area contributed by atoms with Crippen LogP contribution in [0.25, 0.3) is 0 Å². The van der Waals surface area contributed by atoms with Gasteiger partial charge >= 0.3 is 0 Å². The van der Waals surface area contributed by atoms with Crippen LogP contribution >= 0.6 is 0 Å². The number of hydrogen-bond donors (Lipinski definition) is 2. The van der Waals surface area contributed by atoms with Crippen LogP contribution in [0.1, 0.15) is 35.9 Å². The Bertz CT molecular complexity index is 732. The Morgan fingerprint density at radius 1 is 1.15 bits per heavy atom. The molecule has 146 valence electrons. The molecular weight excluding hydrogens is 342 g/mol. The van der Waals surface area contributed by atoms with Crippen molar-refractivity contribution in [2.75, 3.05) is 44.0 Å². The second kappa shape index (κ2) is 10.4. The lowest BCUT2D eigenvalue weighted by Gasteiger charge is -2.14. The summed E-state index contributed by atoms with van der Waals surface area (Å²) in [5, 5.41) is 6.11. The summed E-state index contributed by atoms with van der Waals surface area (Å²) in [4.78, 5) is 22.9. The van der Waals surface area contributed by atoms with Gasteiger partial charge in [0.1, 0.15) is 23.2 Å². The molecule has 0 aliphatic carbocycles. The maximum Gasteiger partial charge on any atom is 0.251 e. The van der Waals surface area contributed by atoms with Gasteiger partial charge in [0.2, 0.25) is 0 Å². The van der Waals surface area contributed by atoms with Crippen LogP contribution in [0.4, 0.5) is 11.6 Å². The molecule has 1 aromatic carbocycles. The zero-order valence-electron chi connectivity index (χ0n) is 16.6. The van der Waals surface area contributed by atoms with Gasteiger partial charge in [-0.2, -0.15) is 0 Å². The maximum atomic E-state index is 12.2. The van der Waals surface area contributed by atoms with Crippen molar-refractivity contribution in [2.45, 2.75) is 26.7 Å². The van der Waals surface area contributed by atoms with Gasteiger partial charge in [-0.3, -0.25) is 4.79 Å². The first kappa shape index (κ1) is 20.5. The number of aryl methyl sites for hydroxylation is 1. The van der Waals surface area contributed by atoms with E-state index < -0.39 is 0 Å². The van der Waals surface area contributed by atoms with Crippen molar-refractivity contribution < 1.29 is 9.53 Å². The number of anilines is 2. The van der Waals surface area contributed by atoms with E-state index in [1.807, 2.05) is 44.1 Å². The Morgan fingerprint density at radius 2 is 1.89 bits per heavy atom. The molecule has 0 atom stereocenters. The quantitative estimate of drug-likeness (QED) is 0.625. The van der Waals surface area contributed by atoms with Crippen molar-refractivity contribution in [1.29, 1.82) is 0 Å². The van der Waals surface area contributed by atoms with Gasteiger partial charge in [-0.25, -0.2) is 9.97 Å². The number of amides is 1. The molecule has 27 heavy (non-hydrogen) atoms. The largest absolute Gasteiger partial charge is 0.494 e. The van der Waals surface area contributed by atoms with Crippen molar-refractivity contribution in [3.8, 4) is 5.75 Å². The lowest BCUT2D eigenvalue weighted by molar-refractivity contribution is 0.0955. The zero-order chi connectivity index (χ0) is 19.6. The number of carbonyl (C=O) groups excluding carboxylic acids is 1. The van der Waals surface area contributed by atoms with Gasteiger partial charge in [0.15, 0.2) is 0 Å². The van der Waals surface area contributed by atoms with Crippen LogP contribution in [0, 0.1) is 6.92 Å². The van der Waals surface area contributed by atoms with E-state index in [-0.39, 0.29) is 5.91 Å². The van der Waals surface area contributed by atoms with Crippen molar-refractivity contribution in [3.63, 3.8) is 0 Å². The predicted octanol–water partition coefficient (Wildman–Crippen LogP) is 2.87. The standard InChI is InChI=1S/C20H29N5O2/c1-5-6-13-27-17-9-7-16(8-10-17)20(26)22-12-11-21-18-14-19(25(3)4)24-15(2)23-18/h7-10,14H,5-6,11-13H2,1-4H3,(H,22,26)(H,21,23,24). The highest BCUT2D eigenvalue weighted by atomic mass is 16.5. The number of hydrogen-bond acceptors (Lipinski definition) is 6. The topological polar surface area (TPSA) is 79.4 Å². The molecule has 2 rings (SSSR count). The first-order valence-electron chi connectivity index (χ1n) is 9.27. The fourth-order valence-electron chi connectivity index (χ4n) is 2.38. The van der Waals surface area contributed by atoms with E-state index in [0.717, 1.165) is 30.2 Å². The molecule has 0 saturated carbocycles. The molecular formula is C20H29N5O2. The molecule has 0 aliphatic heterocycles. The third kappa shape index (κ3) is 6.77. The van der Waals surface area contributed by atoms with E-state index in [2.05, 4.69) is 27.5 Å². The van der Waals surface area contributed by atoms with Crippen molar-refractivity contribution in [2.24, 2.45) is 0 Å². The van der Waals surface area contributed by atoms with Gasteiger partial charge in [-0.1, -0.05) is 13.3 Å². The first-order chi connectivity index (χ1) is 13.0. The lowest BCUT2D eigenvalue weighted by Crippen LogP contribution is -2.29. The summed E-state index contributed by atoms with van der Waals surface area (Å²) >= 11 is 0. The van der Waals surface area contributed by atoms with Crippen LogP contribution in [-0.2, 0) is 0 Å². The molecule has 7 nitrogen and oxygen atoms in total. The van der Waals surface area contributed by atoms with Gasteiger partial charge in [0.25, 0.3) is 5.91 Å². The number of ether oxygens (including phenoxy) is 1. The number of unbranched alkanes of at least 4 members (excludes halogenated alkanes) is 1. The summed E-state index contributed by atoms with van der Waals surface area (Å²) in [6.45, 7) is 5.75. The van der Waals surface area contributed by atoms with Crippen LogP contribution in [0.5, 0.6) is 5.75 Å². The Balaban J connectivity index is 1.77. The van der Waals surface area contributed by atoms with Crippen LogP contribution in [0.3, 0.4) is 0 Å². The summed E-state index contributed by atoms with van der Waals surface area (Å²) in [6, 6.07) is 9.10. The van der Waals surface area contributed by atoms with E-state index in [1.165, 1.54) is 0 Å². The molecule has 0 radical (unpaired) electrons. The van der Waals surface area contributed by atoms with Crippen LogP contribution in [0.15, 0.2) is 30.3 Å². The molecule has 2 N–H and O–H groups in total. The molecule has 7 heteroatoms. The van der Waals surface area contributed by atoms with Gasteiger partial charge < -0.3 is 20.3 Å². The summed E-state index contributed by atoms with van der Waals surface area (Å²) < 4.78 is 5.61. The molecule has 0 aliphatic rings. The fraction of sp³-hybridized carbons (Fsp3) is 0.450. The van der Waals surface area contributed by atoms with Crippen LogP contribution in [0.2, 0.25) is 0 Å². The van der Waals surface area contributed by atoms with Crippen molar-refractivity contribution in [3.05, 3.63) is 41.7 Å². The smallest absolute Gasteiger partial charge is 0.251 e. The molecule has 0 saturated heterocycles. The highest BCUT2D eigenvalue weighted by Gasteiger charge is 2.06. The summed E-state index contributed by atoms with van der Waals surface area (Å²) in [5.41, 5.74) is 0.616. The minimum absolute atomic E-state index is 0.107. The van der Waals surface area contributed by atoms with Gasteiger partial charge in [-0.05, 0) is 37.6 Å². The molecule has 2 aromatic rings. The number of nitrogens with one attached hydrogen (secondary N) is 2. The number of carbonyl (C=O) groups is 1. The van der Waals surface area contributed by atoms with Crippen LogP contribution < -0.4 is 20.3 Å². The molecule has 1 heterocycles. The highest BCUT2D eigenvalue weighted by molar-refractivity contribution is 5.94. The fourth-order valence-corrected chi connectivity index (χ4v) is 2.38. The van der Waals surface area contributed by atoms with E-state index >= 15 is 0 Å². The Kier molecular flexibility index (Phi) is 7.85. The average Bonchev–Trinajstić information content (AvgIpc) is 2.65. The number of benzene rings is 1. The van der Waals surface area contributed by atoms with Gasteiger partial charge in [0.05, 0.1) is 6.61 Å². The monoisotopic (exact) mass is 371 g/mol. The Morgan fingerprint density at radius 3 is 2.56 bits per heavy atom. The van der Waals surface area contributed by atoms with E-state index in [4.69, 9.17) is 4.74 Å². The normalized spacial score (nSPS) is 10.4. The summed E-state index contributed by atoms with van der Waals surface area (Å²) in [5.74, 6) is 2.97. The summed E-state index contributed by atoms with van der Waals surface area (Å²) in [6.07, 6.45) is 2.12. The maximum absolute atomic E-state index is 12.2. The first-order valence-corrected chi connectivity index (χ1v) is 9.27. The van der Waals surface area contributed by atoms with E-state index in [9.17, 15) is 4.79 Å². The molecule has 1 aromatic heterocycles. The molecule has 0 spiro atoms. The van der Waals surface area contributed by atoms with Crippen molar-refractivity contribution >= 4 is 17.5 Å². The van der Waals surface area contributed by atoms with Gasteiger partial charge in [0, 0.05) is 38.8 Å². The highest BCUT2D eigenvalue weighted by Crippen LogP contribution is 2.14. The number of rotatable bonds is 10. The third-order valence-corrected chi connectivity index (χ3v) is 3.88. The average molecular weight is 371 g/mol. The van der Waals surface area contributed by atoms with Gasteiger partial charge in [-0.15, -0.1) is 0 Å². The second-order valence-corrected chi connectivity index (χ2v) is 6.46. The SMILES string of the molecule is CCCCOc1ccc(C(=O)NCCNc2cc(N(C)C)nc(C)n2)cc1. The summed E-state index contributed by atoms with van der Waals surface area (Å²) in [7, 11) is 3.87. The molecule has 0 bridgehead atoms. The second-order valence-electron chi connectivity index (χ2n) is 6.46. The third-order valence-electron chi connectivity index (χ3n) is 3.88. The zero-order valence-corrected chi connectivity index (χ0v) is 16.6. The Labute approximate surface area is 161 Å². The minimum atomic E-state index is -0.107. The van der Waals surface area contributed by atoms with E-state index in [0.29, 0.717) is 31.1 Å². The van der Waals surface area contributed by atoms with Crippen molar-refractivity contribution in [1.82, 2.24) is 15.3 Å². The number of nitrogens with zero attached hydrogens (tertiary/aromatic N) is 3. The predicted molar refractivity (Wildman–Crippen MR) is 109 cm³/mol. The Hall–Kier alpha value is -2.83. The molecule has 0 unspecified atom stereocenters. The van der Waals surface area contributed by atoms with E-state index in [1.54, 1.807) is 12.1 Å². The lowest BCUT2D eigenvalue weighted by atomic mass is 10.2. The molecule has 1 amide bonds. The van der Waals surface area contributed by atoms with Crippen LogP contribution in [-0.4, -0.2) is 49.7 Å². The number of aromatic nitrogens is 2.